The summed E-state index contributed by atoms with van der Waals surface area (Å²) in [5, 5.41) is 0. The summed E-state index contributed by atoms with van der Waals surface area (Å²) in [7, 11) is -1.99. The highest BCUT2D eigenvalue weighted by atomic mass is 32.2. The Labute approximate surface area is 113 Å². The van der Waals surface area contributed by atoms with E-state index in [0.29, 0.717) is 13.2 Å². The standard InChI is InChI=1S/C11H20N4O3S/c1-11(2,4-5-18-3)8-15-19(16,17)9-6-13-10(12)14-7-9/h6-7,15H,4-5,8H2,1-3H3,(H2,12,13,14). The van der Waals surface area contributed by atoms with E-state index in [1.807, 2.05) is 13.8 Å². The van der Waals surface area contributed by atoms with Gasteiger partial charge in [-0.3, -0.25) is 0 Å². The Hall–Kier alpha value is -1.25. The molecular formula is C11H20N4O3S. The van der Waals surface area contributed by atoms with Gasteiger partial charge in [-0.05, 0) is 11.8 Å². The Bertz CT molecular complexity index is 499. The molecule has 19 heavy (non-hydrogen) atoms. The molecule has 0 atom stereocenters. The lowest BCUT2D eigenvalue weighted by Gasteiger charge is -2.24. The fourth-order valence-electron chi connectivity index (χ4n) is 1.31. The maximum atomic E-state index is 12.0. The molecule has 1 aromatic heterocycles. The molecule has 1 aromatic rings. The molecule has 0 unspecified atom stereocenters. The highest BCUT2D eigenvalue weighted by molar-refractivity contribution is 7.89. The van der Waals surface area contributed by atoms with Crippen LogP contribution in [0.1, 0.15) is 20.3 Å². The van der Waals surface area contributed by atoms with E-state index in [9.17, 15) is 8.42 Å². The summed E-state index contributed by atoms with van der Waals surface area (Å²) in [6, 6.07) is 0. The Balaban J connectivity index is 2.68. The summed E-state index contributed by atoms with van der Waals surface area (Å²) >= 11 is 0. The predicted molar refractivity (Wildman–Crippen MR) is 71.9 cm³/mol. The summed E-state index contributed by atoms with van der Waals surface area (Å²) in [6.45, 7) is 4.82. The third kappa shape index (κ3) is 5.09. The molecule has 0 saturated heterocycles. The highest BCUT2D eigenvalue weighted by Gasteiger charge is 2.22. The predicted octanol–water partition coefficient (Wildman–Crippen LogP) is 0.400. The SMILES string of the molecule is COCCC(C)(C)CNS(=O)(=O)c1cnc(N)nc1. The third-order valence-corrected chi connectivity index (χ3v) is 4.04. The second-order valence-corrected chi connectivity index (χ2v) is 6.78. The molecule has 108 valence electrons. The molecule has 0 aliphatic carbocycles. The van der Waals surface area contributed by atoms with Crippen LogP contribution >= 0.6 is 0 Å². The summed E-state index contributed by atoms with van der Waals surface area (Å²) in [6.07, 6.45) is 3.13. The van der Waals surface area contributed by atoms with E-state index in [1.165, 1.54) is 12.4 Å². The van der Waals surface area contributed by atoms with Crippen molar-refractivity contribution in [3.05, 3.63) is 12.4 Å². The van der Waals surface area contributed by atoms with Crippen molar-refractivity contribution in [2.75, 3.05) is 26.0 Å². The number of sulfonamides is 1. The number of anilines is 1. The van der Waals surface area contributed by atoms with E-state index >= 15 is 0 Å². The molecule has 0 saturated carbocycles. The van der Waals surface area contributed by atoms with E-state index in [4.69, 9.17) is 10.5 Å². The van der Waals surface area contributed by atoms with E-state index in [1.54, 1.807) is 7.11 Å². The number of ether oxygens (including phenoxy) is 1. The van der Waals surface area contributed by atoms with Crippen LogP contribution in [0.5, 0.6) is 0 Å². The largest absolute Gasteiger partial charge is 0.385 e. The first-order valence-electron chi connectivity index (χ1n) is 5.83. The Morgan fingerprint density at radius 2 is 1.95 bits per heavy atom. The third-order valence-electron chi connectivity index (χ3n) is 2.68. The maximum absolute atomic E-state index is 12.0. The van der Waals surface area contributed by atoms with E-state index in [2.05, 4.69) is 14.7 Å². The average Bonchev–Trinajstić information content (AvgIpc) is 2.35. The Kier molecular flexibility index (Phi) is 5.21. The maximum Gasteiger partial charge on any atom is 0.243 e. The van der Waals surface area contributed by atoms with Gasteiger partial charge in [0, 0.05) is 20.3 Å². The van der Waals surface area contributed by atoms with Crippen LogP contribution in [0.2, 0.25) is 0 Å². The van der Waals surface area contributed by atoms with Crippen LogP contribution < -0.4 is 10.5 Å². The number of nitrogens with zero attached hydrogens (tertiary/aromatic N) is 2. The number of rotatable bonds is 7. The van der Waals surface area contributed by atoms with E-state index < -0.39 is 10.0 Å². The molecular weight excluding hydrogens is 268 g/mol. The van der Waals surface area contributed by atoms with Crippen molar-refractivity contribution in [3.63, 3.8) is 0 Å². The molecule has 1 rings (SSSR count). The van der Waals surface area contributed by atoms with Gasteiger partial charge in [0.05, 0.1) is 12.4 Å². The van der Waals surface area contributed by atoms with Gasteiger partial charge in [-0.15, -0.1) is 0 Å². The van der Waals surface area contributed by atoms with Crippen molar-refractivity contribution in [3.8, 4) is 0 Å². The van der Waals surface area contributed by atoms with E-state index in [0.717, 1.165) is 6.42 Å². The molecule has 8 heteroatoms. The van der Waals surface area contributed by atoms with Gasteiger partial charge in [0.15, 0.2) is 0 Å². The molecule has 1 heterocycles. The van der Waals surface area contributed by atoms with E-state index in [-0.39, 0.29) is 16.3 Å². The minimum atomic E-state index is -3.61. The van der Waals surface area contributed by atoms with Crippen LogP contribution in [-0.4, -0.2) is 38.6 Å². The zero-order valence-electron chi connectivity index (χ0n) is 11.4. The van der Waals surface area contributed by atoms with Gasteiger partial charge in [0.1, 0.15) is 4.90 Å². The zero-order valence-corrected chi connectivity index (χ0v) is 12.2. The van der Waals surface area contributed by atoms with Crippen molar-refractivity contribution >= 4 is 16.0 Å². The summed E-state index contributed by atoms with van der Waals surface area (Å²) in [5.41, 5.74) is 5.12. The topological polar surface area (TPSA) is 107 Å². The monoisotopic (exact) mass is 288 g/mol. The van der Waals surface area contributed by atoms with Crippen molar-refractivity contribution in [2.24, 2.45) is 5.41 Å². The van der Waals surface area contributed by atoms with Crippen LogP contribution in [0.3, 0.4) is 0 Å². The van der Waals surface area contributed by atoms with Crippen molar-refractivity contribution in [1.82, 2.24) is 14.7 Å². The highest BCUT2D eigenvalue weighted by Crippen LogP contribution is 2.20. The van der Waals surface area contributed by atoms with Crippen LogP contribution in [-0.2, 0) is 14.8 Å². The average molecular weight is 288 g/mol. The van der Waals surface area contributed by atoms with Crippen LogP contribution in [0, 0.1) is 5.41 Å². The quantitative estimate of drug-likeness (QED) is 0.752. The number of hydrogen-bond donors (Lipinski definition) is 2. The lowest BCUT2D eigenvalue weighted by atomic mass is 9.90. The first-order chi connectivity index (χ1) is 8.77. The van der Waals surface area contributed by atoms with Gasteiger partial charge in [-0.2, -0.15) is 0 Å². The Morgan fingerprint density at radius 3 is 2.47 bits per heavy atom. The molecule has 0 aliphatic rings. The molecule has 3 N–H and O–H groups in total. The van der Waals surface area contributed by atoms with Crippen LogP contribution in [0.4, 0.5) is 5.95 Å². The molecule has 0 aliphatic heterocycles. The van der Waals surface area contributed by atoms with Crippen molar-refractivity contribution in [1.29, 1.82) is 0 Å². The lowest BCUT2D eigenvalue weighted by Crippen LogP contribution is -2.34. The fraction of sp³-hybridized carbons (Fsp3) is 0.636. The molecule has 0 spiro atoms. The number of hydrogen-bond acceptors (Lipinski definition) is 6. The normalized spacial score (nSPS) is 12.6. The molecule has 0 amide bonds. The summed E-state index contributed by atoms with van der Waals surface area (Å²) < 4.78 is 31.5. The lowest BCUT2D eigenvalue weighted by molar-refractivity contribution is 0.153. The number of nitrogens with two attached hydrogens (primary N) is 1. The van der Waals surface area contributed by atoms with Gasteiger partial charge < -0.3 is 10.5 Å². The second kappa shape index (κ2) is 6.27. The number of nitrogen functional groups attached to an aromatic ring is 1. The molecule has 0 radical (unpaired) electrons. The van der Waals surface area contributed by atoms with Gasteiger partial charge in [-0.25, -0.2) is 23.1 Å². The summed E-state index contributed by atoms with van der Waals surface area (Å²) in [4.78, 5) is 7.34. The minimum absolute atomic E-state index is 0.00393. The van der Waals surface area contributed by atoms with Gasteiger partial charge in [0.2, 0.25) is 16.0 Å². The van der Waals surface area contributed by atoms with Gasteiger partial charge in [-0.1, -0.05) is 13.8 Å². The molecule has 0 aromatic carbocycles. The van der Waals surface area contributed by atoms with Crippen LogP contribution in [0.15, 0.2) is 17.3 Å². The van der Waals surface area contributed by atoms with Crippen molar-refractivity contribution < 1.29 is 13.2 Å². The van der Waals surface area contributed by atoms with Crippen molar-refractivity contribution in [2.45, 2.75) is 25.2 Å². The molecule has 7 nitrogen and oxygen atoms in total. The van der Waals surface area contributed by atoms with Gasteiger partial charge in [0.25, 0.3) is 0 Å². The fourth-order valence-corrected chi connectivity index (χ4v) is 2.44. The number of methoxy groups -OCH3 is 1. The number of nitrogens with one attached hydrogen (secondary N) is 1. The van der Waals surface area contributed by atoms with Crippen LogP contribution in [0.25, 0.3) is 0 Å². The van der Waals surface area contributed by atoms with Gasteiger partial charge >= 0.3 is 0 Å². The molecule has 0 bridgehead atoms. The smallest absolute Gasteiger partial charge is 0.243 e. The second-order valence-electron chi connectivity index (χ2n) is 5.01. The Morgan fingerprint density at radius 1 is 1.37 bits per heavy atom. The zero-order chi connectivity index (χ0) is 14.5. The minimum Gasteiger partial charge on any atom is -0.385 e. The summed E-state index contributed by atoms with van der Waals surface area (Å²) in [5.74, 6) is 0.0411. The number of aromatic nitrogens is 2. The first-order valence-corrected chi connectivity index (χ1v) is 7.31. The first kappa shape index (κ1) is 15.8. The molecule has 0 fully saturated rings.